The second-order valence-electron chi connectivity index (χ2n) is 6.45. The minimum atomic E-state index is -0.0848. The van der Waals surface area contributed by atoms with Gasteiger partial charge in [-0.2, -0.15) is 0 Å². The quantitative estimate of drug-likeness (QED) is 0.860. The highest BCUT2D eigenvalue weighted by molar-refractivity contribution is 5.92. The van der Waals surface area contributed by atoms with Gasteiger partial charge in [0.05, 0.1) is 12.6 Å². The predicted molar refractivity (Wildman–Crippen MR) is 97.1 cm³/mol. The van der Waals surface area contributed by atoms with E-state index >= 15 is 0 Å². The molecule has 0 fully saturated rings. The average Bonchev–Trinajstić information content (AvgIpc) is 2.99. The third kappa shape index (κ3) is 3.85. The molecule has 0 aliphatic carbocycles. The Bertz CT molecular complexity index is 772. The van der Waals surface area contributed by atoms with Gasteiger partial charge in [-0.05, 0) is 55.7 Å². The smallest absolute Gasteiger partial charge is 0.244 e. The van der Waals surface area contributed by atoms with E-state index in [2.05, 4.69) is 43.4 Å². The van der Waals surface area contributed by atoms with Crippen LogP contribution in [0.15, 0.2) is 42.5 Å². The highest BCUT2D eigenvalue weighted by Crippen LogP contribution is 2.28. The van der Waals surface area contributed by atoms with Crippen molar-refractivity contribution < 1.29 is 9.53 Å². The normalized spacial score (nSPS) is 14.3. The van der Waals surface area contributed by atoms with Crippen molar-refractivity contribution in [2.45, 2.75) is 33.2 Å². The molecule has 1 amide bonds. The van der Waals surface area contributed by atoms with Gasteiger partial charge in [-0.15, -0.1) is 0 Å². The van der Waals surface area contributed by atoms with E-state index in [-0.39, 0.29) is 11.9 Å². The van der Waals surface area contributed by atoms with Crippen LogP contribution in [0, 0.1) is 13.8 Å². The number of rotatable bonds is 4. The van der Waals surface area contributed by atoms with Gasteiger partial charge in [-0.1, -0.05) is 35.4 Å². The van der Waals surface area contributed by atoms with Gasteiger partial charge in [-0.3, -0.25) is 4.79 Å². The summed E-state index contributed by atoms with van der Waals surface area (Å²) in [7, 11) is 0. The van der Waals surface area contributed by atoms with Crippen molar-refractivity contribution in [3.8, 4) is 5.75 Å². The molecule has 3 heteroatoms. The second kappa shape index (κ2) is 6.91. The molecule has 1 aliphatic rings. The standard InChI is InChI=1S/C21H23NO2/c1-14-10-15(2)12-17(11-14)4-7-21(23)22-16(3)18-5-6-20-19(13-18)8-9-24-20/h4-7,10-13,16H,8-9H2,1-3H3,(H,22,23)/b7-4+. The largest absolute Gasteiger partial charge is 0.493 e. The minimum Gasteiger partial charge on any atom is -0.493 e. The molecule has 1 N–H and O–H groups in total. The van der Waals surface area contributed by atoms with Gasteiger partial charge in [-0.25, -0.2) is 0 Å². The van der Waals surface area contributed by atoms with E-state index < -0.39 is 0 Å². The summed E-state index contributed by atoms with van der Waals surface area (Å²) in [6.45, 7) is 6.87. The number of amides is 1. The summed E-state index contributed by atoms with van der Waals surface area (Å²) in [6, 6.07) is 12.4. The van der Waals surface area contributed by atoms with Gasteiger partial charge in [0.2, 0.25) is 5.91 Å². The number of aryl methyl sites for hydroxylation is 2. The Kier molecular flexibility index (Phi) is 4.70. The Morgan fingerprint density at radius 3 is 2.67 bits per heavy atom. The Hall–Kier alpha value is -2.55. The third-order valence-corrected chi connectivity index (χ3v) is 4.24. The monoisotopic (exact) mass is 321 g/mol. The zero-order chi connectivity index (χ0) is 17.1. The third-order valence-electron chi connectivity index (χ3n) is 4.24. The number of nitrogens with one attached hydrogen (secondary N) is 1. The highest BCUT2D eigenvalue weighted by Gasteiger charge is 2.15. The van der Waals surface area contributed by atoms with E-state index in [1.54, 1.807) is 6.08 Å². The lowest BCUT2D eigenvalue weighted by atomic mass is 10.0. The zero-order valence-electron chi connectivity index (χ0n) is 14.4. The number of carbonyl (C=O) groups is 1. The minimum absolute atomic E-state index is 0.0349. The van der Waals surface area contributed by atoms with Crippen LogP contribution in [0.25, 0.3) is 6.08 Å². The molecule has 1 heterocycles. The lowest BCUT2D eigenvalue weighted by Crippen LogP contribution is -2.24. The summed E-state index contributed by atoms with van der Waals surface area (Å²) in [5, 5.41) is 3.02. The Morgan fingerprint density at radius 1 is 1.17 bits per heavy atom. The molecule has 3 rings (SSSR count). The van der Waals surface area contributed by atoms with Crippen LogP contribution in [0.2, 0.25) is 0 Å². The van der Waals surface area contributed by atoms with Gasteiger partial charge in [0.1, 0.15) is 5.75 Å². The fourth-order valence-electron chi connectivity index (χ4n) is 3.10. The maximum atomic E-state index is 12.2. The fourth-order valence-corrected chi connectivity index (χ4v) is 3.10. The molecule has 24 heavy (non-hydrogen) atoms. The van der Waals surface area contributed by atoms with E-state index in [0.717, 1.165) is 29.9 Å². The van der Waals surface area contributed by atoms with Crippen LogP contribution in [0.5, 0.6) is 5.75 Å². The van der Waals surface area contributed by atoms with Gasteiger partial charge in [0.15, 0.2) is 0 Å². The molecule has 0 aromatic heterocycles. The van der Waals surface area contributed by atoms with Crippen LogP contribution in [-0.2, 0) is 11.2 Å². The number of hydrogen-bond donors (Lipinski definition) is 1. The molecule has 1 atom stereocenters. The summed E-state index contributed by atoms with van der Waals surface area (Å²) >= 11 is 0. The lowest BCUT2D eigenvalue weighted by Gasteiger charge is -2.14. The molecule has 2 aromatic rings. The van der Waals surface area contributed by atoms with Crippen molar-refractivity contribution in [1.29, 1.82) is 0 Å². The number of carbonyl (C=O) groups excluding carboxylic acids is 1. The van der Waals surface area contributed by atoms with Crippen LogP contribution in [-0.4, -0.2) is 12.5 Å². The molecule has 2 aromatic carbocycles. The summed E-state index contributed by atoms with van der Waals surface area (Å²) < 4.78 is 5.52. The van der Waals surface area contributed by atoms with E-state index in [9.17, 15) is 4.79 Å². The molecule has 124 valence electrons. The number of benzene rings is 2. The average molecular weight is 321 g/mol. The van der Waals surface area contributed by atoms with Crippen molar-refractivity contribution in [3.05, 3.63) is 70.3 Å². The summed E-state index contributed by atoms with van der Waals surface area (Å²) in [6.07, 6.45) is 4.40. The maximum absolute atomic E-state index is 12.2. The van der Waals surface area contributed by atoms with Crippen molar-refractivity contribution in [1.82, 2.24) is 5.32 Å². The van der Waals surface area contributed by atoms with Crippen molar-refractivity contribution in [3.63, 3.8) is 0 Å². The first-order valence-electron chi connectivity index (χ1n) is 8.34. The molecule has 1 aliphatic heterocycles. The van der Waals surface area contributed by atoms with Gasteiger partial charge in [0.25, 0.3) is 0 Å². The molecular formula is C21H23NO2. The van der Waals surface area contributed by atoms with Gasteiger partial charge < -0.3 is 10.1 Å². The summed E-state index contributed by atoms with van der Waals surface area (Å²) in [5.74, 6) is 0.880. The van der Waals surface area contributed by atoms with Crippen LogP contribution in [0.4, 0.5) is 0 Å². The second-order valence-corrected chi connectivity index (χ2v) is 6.45. The van der Waals surface area contributed by atoms with Crippen LogP contribution >= 0.6 is 0 Å². The zero-order valence-corrected chi connectivity index (χ0v) is 14.4. The van der Waals surface area contributed by atoms with Gasteiger partial charge in [0, 0.05) is 12.5 Å². The van der Waals surface area contributed by atoms with Crippen molar-refractivity contribution >= 4 is 12.0 Å². The number of hydrogen-bond acceptors (Lipinski definition) is 2. The molecule has 0 radical (unpaired) electrons. The SMILES string of the molecule is Cc1cc(C)cc(/C=C/C(=O)NC(C)c2ccc3c(c2)CCO3)c1. The number of ether oxygens (including phenoxy) is 1. The first kappa shape index (κ1) is 16.3. The van der Waals surface area contributed by atoms with E-state index in [4.69, 9.17) is 4.74 Å². The Morgan fingerprint density at radius 2 is 1.92 bits per heavy atom. The molecule has 1 unspecified atom stereocenters. The first-order chi connectivity index (χ1) is 11.5. The Balaban J connectivity index is 1.64. The molecule has 0 bridgehead atoms. The van der Waals surface area contributed by atoms with Gasteiger partial charge >= 0.3 is 0 Å². The first-order valence-corrected chi connectivity index (χ1v) is 8.34. The summed E-state index contributed by atoms with van der Waals surface area (Å²) in [5.41, 5.74) is 5.77. The molecule has 3 nitrogen and oxygen atoms in total. The predicted octanol–water partition coefficient (Wildman–Crippen LogP) is 4.13. The molecule has 0 saturated heterocycles. The van der Waals surface area contributed by atoms with Crippen LogP contribution in [0.3, 0.4) is 0 Å². The molecular weight excluding hydrogens is 298 g/mol. The molecule has 0 saturated carbocycles. The van der Waals surface area contributed by atoms with Crippen LogP contribution < -0.4 is 10.1 Å². The summed E-state index contributed by atoms with van der Waals surface area (Å²) in [4.78, 5) is 12.2. The molecule has 0 spiro atoms. The van der Waals surface area contributed by atoms with Crippen LogP contribution in [0.1, 0.15) is 40.8 Å². The van der Waals surface area contributed by atoms with Crippen molar-refractivity contribution in [2.75, 3.05) is 6.61 Å². The lowest BCUT2D eigenvalue weighted by molar-refractivity contribution is -0.117. The number of fused-ring (bicyclic) bond motifs is 1. The highest BCUT2D eigenvalue weighted by atomic mass is 16.5. The van der Waals surface area contributed by atoms with E-state index in [0.29, 0.717) is 0 Å². The Labute approximate surface area is 143 Å². The fraction of sp³-hybridized carbons (Fsp3) is 0.286. The van der Waals surface area contributed by atoms with E-state index in [1.807, 2.05) is 25.1 Å². The van der Waals surface area contributed by atoms with Crippen molar-refractivity contribution in [2.24, 2.45) is 0 Å². The topological polar surface area (TPSA) is 38.3 Å². The van der Waals surface area contributed by atoms with E-state index in [1.165, 1.54) is 16.7 Å². The maximum Gasteiger partial charge on any atom is 0.244 e.